The molecule has 28 heavy (non-hydrogen) atoms. The number of aromatic amines is 1. The van der Waals surface area contributed by atoms with Crippen LogP contribution in [0.4, 0.5) is 5.69 Å². The van der Waals surface area contributed by atoms with Gasteiger partial charge in [-0.15, -0.1) is 0 Å². The van der Waals surface area contributed by atoms with Crippen molar-refractivity contribution in [2.75, 3.05) is 5.32 Å². The molecular weight excluding hydrogens is 461 g/mol. The van der Waals surface area contributed by atoms with Crippen LogP contribution in [0.2, 0.25) is 10.0 Å². The van der Waals surface area contributed by atoms with E-state index in [1.54, 1.807) is 18.2 Å². The van der Waals surface area contributed by atoms with Gasteiger partial charge in [-0.2, -0.15) is 0 Å². The molecule has 0 radical (unpaired) electrons. The van der Waals surface area contributed by atoms with Crippen molar-refractivity contribution in [1.29, 1.82) is 0 Å². The second-order valence-corrected chi connectivity index (χ2v) is 7.97. The first-order valence-electron chi connectivity index (χ1n) is 8.48. The SMILES string of the molecule is O=C(Nc1ccc(Br)cc1)c1ccc2nc(Cc3cccc(Cl)c3Cl)[nH]c2c1. The topological polar surface area (TPSA) is 57.8 Å². The van der Waals surface area contributed by atoms with Crippen molar-refractivity contribution in [3.63, 3.8) is 0 Å². The molecule has 3 aromatic carbocycles. The van der Waals surface area contributed by atoms with Crippen LogP contribution in [-0.4, -0.2) is 15.9 Å². The molecule has 0 atom stereocenters. The standard InChI is InChI=1S/C21H14BrCl2N3O/c22-14-5-7-15(8-6-14)25-21(28)13-4-9-17-18(10-13)27-19(26-17)11-12-2-1-3-16(23)20(12)24/h1-10H,11H2,(H,25,28)(H,26,27). The lowest BCUT2D eigenvalue weighted by atomic mass is 10.1. The molecule has 0 aliphatic heterocycles. The predicted molar refractivity (Wildman–Crippen MR) is 117 cm³/mol. The number of nitrogens with zero attached hydrogens (tertiary/aromatic N) is 1. The smallest absolute Gasteiger partial charge is 0.255 e. The van der Waals surface area contributed by atoms with E-state index in [1.807, 2.05) is 42.5 Å². The summed E-state index contributed by atoms with van der Waals surface area (Å²) in [5.74, 6) is 0.572. The molecule has 4 rings (SSSR count). The Bertz CT molecular complexity index is 1170. The van der Waals surface area contributed by atoms with Gasteiger partial charge in [-0.1, -0.05) is 51.3 Å². The number of halogens is 3. The number of imidazole rings is 1. The fourth-order valence-corrected chi connectivity index (χ4v) is 3.54. The third-order valence-electron chi connectivity index (χ3n) is 4.28. The van der Waals surface area contributed by atoms with E-state index in [0.29, 0.717) is 22.0 Å². The number of carbonyl (C=O) groups is 1. The summed E-state index contributed by atoms with van der Waals surface area (Å²) >= 11 is 15.7. The highest BCUT2D eigenvalue weighted by Gasteiger charge is 2.12. The summed E-state index contributed by atoms with van der Waals surface area (Å²) in [4.78, 5) is 20.4. The number of hydrogen-bond donors (Lipinski definition) is 2. The molecule has 0 aliphatic rings. The summed E-state index contributed by atoms with van der Waals surface area (Å²) in [6.45, 7) is 0. The molecule has 1 amide bonds. The highest BCUT2D eigenvalue weighted by Crippen LogP contribution is 2.27. The molecule has 0 bridgehead atoms. The Hall–Kier alpha value is -2.34. The van der Waals surface area contributed by atoms with Crippen LogP contribution in [0.3, 0.4) is 0 Å². The van der Waals surface area contributed by atoms with Crippen molar-refractivity contribution in [1.82, 2.24) is 9.97 Å². The van der Waals surface area contributed by atoms with Gasteiger partial charge in [-0.05, 0) is 54.1 Å². The van der Waals surface area contributed by atoms with Gasteiger partial charge >= 0.3 is 0 Å². The molecule has 4 aromatic rings. The Morgan fingerprint density at radius 3 is 2.64 bits per heavy atom. The number of rotatable bonds is 4. The lowest BCUT2D eigenvalue weighted by Gasteiger charge is -2.05. The Kier molecular flexibility index (Phi) is 5.40. The average Bonchev–Trinajstić information content (AvgIpc) is 3.09. The summed E-state index contributed by atoms with van der Waals surface area (Å²) in [6.07, 6.45) is 0.522. The number of fused-ring (bicyclic) bond motifs is 1. The van der Waals surface area contributed by atoms with Crippen molar-refractivity contribution in [3.05, 3.63) is 92.1 Å². The van der Waals surface area contributed by atoms with Crippen LogP contribution in [-0.2, 0) is 6.42 Å². The van der Waals surface area contributed by atoms with Crippen LogP contribution in [0, 0.1) is 0 Å². The van der Waals surface area contributed by atoms with Crippen molar-refractivity contribution >= 4 is 61.8 Å². The molecule has 1 aromatic heterocycles. The van der Waals surface area contributed by atoms with Crippen molar-refractivity contribution in [3.8, 4) is 0 Å². The predicted octanol–water partition coefficient (Wildman–Crippen LogP) is 6.48. The van der Waals surface area contributed by atoms with Crippen LogP contribution in [0.15, 0.2) is 65.1 Å². The minimum absolute atomic E-state index is 0.182. The van der Waals surface area contributed by atoms with Crippen molar-refractivity contribution in [2.45, 2.75) is 6.42 Å². The monoisotopic (exact) mass is 473 g/mol. The number of benzene rings is 3. The van der Waals surface area contributed by atoms with Crippen molar-refractivity contribution < 1.29 is 4.79 Å². The van der Waals surface area contributed by atoms with E-state index >= 15 is 0 Å². The normalized spacial score (nSPS) is 11.0. The Labute approximate surface area is 180 Å². The van der Waals surface area contributed by atoms with Gasteiger partial charge in [0.2, 0.25) is 0 Å². The maximum absolute atomic E-state index is 12.5. The average molecular weight is 475 g/mol. The van der Waals surface area contributed by atoms with Crippen molar-refractivity contribution in [2.24, 2.45) is 0 Å². The Balaban J connectivity index is 1.56. The van der Waals surface area contributed by atoms with E-state index in [9.17, 15) is 4.79 Å². The molecule has 0 fully saturated rings. The fourth-order valence-electron chi connectivity index (χ4n) is 2.89. The van der Waals surface area contributed by atoms with Gasteiger partial charge in [-0.25, -0.2) is 4.98 Å². The van der Waals surface area contributed by atoms with Crippen LogP contribution in [0.1, 0.15) is 21.7 Å². The van der Waals surface area contributed by atoms with Crippen LogP contribution < -0.4 is 5.32 Å². The quantitative estimate of drug-likeness (QED) is 0.355. The largest absolute Gasteiger partial charge is 0.342 e. The summed E-state index contributed by atoms with van der Waals surface area (Å²) in [5, 5.41) is 3.93. The fraction of sp³-hybridized carbons (Fsp3) is 0.0476. The molecule has 7 heteroatoms. The summed E-state index contributed by atoms with van der Waals surface area (Å²) in [7, 11) is 0. The molecule has 2 N–H and O–H groups in total. The summed E-state index contributed by atoms with van der Waals surface area (Å²) in [6, 6.07) is 18.3. The molecule has 0 saturated heterocycles. The first-order chi connectivity index (χ1) is 13.5. The highest BCUT2D eigenvalue weighted by atomic mass is 79.9. The van der Waals surface area contributed by atoms with Gasteiger partial charge < -0.3 is 10.3 Å². The molecule has 1 heterocycles. The van der Waals surface area contributed by atoms with E-state index in [4.69, 9.17) is 23.2 Å². The zero-order valence-corrected chi connectivity index (χ0v) is 17.6. The molecular formula is C21H14BrCl2N3O. The number of anilines is 1. The van der Waals surface area contributed by atoms with E-state index in [0.717, 1.165) is 32.6 Å². The maximum atomic E-state index is 12.5. The lowest BCUT2D eigenvalue weighted by molar-refractivity contribution is 0.102. The number of amides is 1. The van der Waals surface area contributed by atoms with E-state index in [2.05, 4.69) is 31.2 Å². The second-order valence-electron chi connectivity index (χ2n) is 6.27. The third-order valence-corrected chi connectivity index (χ3v) is 5.67. The molecule has 140 valence electrons. The Morgan fingerprint density at radius 1 is 1.07 bits per heavy atom. The second kappa shape index (κ2) is 7.95. The molecule has 0 spiro atoms. The van der Waals surface area contributed by atoms with E-state index in [1.165, 1.54) is 0 Å². The summed E-state index contributed by atoms with van der Waals surface area (Å²) in [5.41, 5.74) is 3.74. The van der Waals surface area contributed by atoms with Gasteiger partial charge in [0.05, 0.1) is 21.1 Å². The number of aromatic nitrogens is 2. The number of nitrogens with one attached hydrogen (secondary N) is 2. The van der Waals surface area contributed by atoms with Crippen LogP contribution in [0.25, 0.3) is 11.0 Å². The Morgan fingerprint density at radius 2 is 1.86 bits per heavy atom. The minimum Gasteiger partial charge on any atom is -0.342 e. The van der Waals surface area contributed by atoms with E-state index < -0.39 is 0 Å². The molecule has 0 aliphatic carbocycles. The maximum Gasteiger partial charge on any atom is 0.255 e. The van der Waals surface area contributed by atoms with Gasteiger partial charge in [0.25, 0.3) is 5.91 Å². The molecule has 4 nitrogen and oxygen atoms in total. The lowest BCUT2D eigenvalue weighted by Crippen LogP contribution is -2.11. The van der Waals surface area contributed by atoms with Gasteiger partial charge in [-0.3, -0.25) is 4.79 Å². The minimum atomic E-state index is -0.182. The van der Waals surface area contributed by atoms with Gasteiger partial charge in [0.15, 0.2) is 0 Å². The van der Waals surface area contributed by atoms with Crippen LogP contribution in [0.5, 0.6) is 0 Å². The van der Waals surface area contributed by atoms with Crippen LogP contribution >= 0.6 is 39.1 Å². The number of carbonyl (C=O) groups excluding carboxylic acids is 1. The van der Waals surface area contributed by atoms with Gasteiger partial charge in [0, 0.05) is 22.1 Å². The highest BCUT2D eigenvalue weighted by molar-refractivity contribution is 9.10. The number of H-pyrrole nitrogens is 1. The molecule has 0 saturated carbocycles. The first-order valence-corrected chi connectivity index (χ1v) is 10.0. The molecule has 0 unspecified atom stereocenters. The summed E-state index contributed by atoms with van der Waals surface area (Å²) < 4.78 is 0.955. The number of hydrogen-bond acceptors (Lipinski definition) is 2. The van der Waals surface area contributed by atoms with E-state index in [-0.39, 0.29) is 5.91 Å². The first kappa shape index (κ1) is 19.0. The van der Waals surface area contributed by atoms with Gasteiger partial charge in [0.1, 0.15) is 5.82 Å². The zero-order valence-electron chi connectivity index (χ0n) is 14.5. The third kappa shape index (κ3) is 4.07. The zero-order chi connectivity index (χ0) is 19.7.